The van der Waals surface area contributed by atoms with Crippen LogP contribution in [0.4, 0.5) is 5.69 Å². The largest absolute Gasteiger partial charge is 0.464 e. The van der Waals surface area contributed by atoms with Gasteiger partial charge in [-0.2, -0.15) is 5.10 Å². The van der Waals surface area contributed by atoms with E-state index in [-0.39, 0.29) is 11.7 Å². The molecule has 2 atom stereocenters. The minimum atomic E-state index is -0.562. The molecule has 2 aliphatic heterocycles. The van der Waals surface area contributed by atoms with Gasteiger partial charge in [0.05, 0.1) is 16.7 Å². The van der Waals surface area contributed by atoms with E-state index >= 15 is 0 Å². The minimum absolute atomic E-state index is 0.0235. The smallest absolute Gasteiger partial charge is 0.269 e. The highest BCUT2D eigenvalue weighted by Crippen LogP contribution is 2.48. The number of hydrogen-bond donors (Lipinski definition) is 0. The van der Waals surface area contributed by atoms with Crippen LogP contribution in [0.1, 0.15) is 35.4 Å². The third-order valence-electron chi connectivity index (χ3n) is 5.30. The van der Waals surface area contributed by atoms with Gasteiger partial charge in [0, 0.05) is 39.2 Å². The van der Waals surface area contributed by atoms with Crippen molar-refractivity contribution in [1.29, 1.82) is 0 Å². The van der Waals surface area contributed by atoms with E-state index in [4.69, 9.17) is 21.4 Å². The average Bonchev–Trinajstić information content (AvgIpc) is 3.19. The number of hydrogen-bond acceptors (Lipinski definition) is 5. The first kappa shape index (κ1) is 19.1. The molecule has 0 aromatic heterocycles. The molecule has 0 fully saturated rings. The van der Waals surface area contributed by atoms with Crippen molar-refractivity contribution in [1.82, 2.24) is 5.01 Å². The van der Waals surface area contributed by atoms with Crippen LogP contribution < -0.4 is 4.74 Å². The van der Waals surface area contributed by atoms with Gasteiger partial charge in [0.25, 0.3) is 5.69 Å². The van der Waals surface area contributed by atoms with E-state index in [0.717, 1.165) is 27.1 Å². The van der Waals surface area contributed by atoms with Crippen molar-refractivity contribution in [3.8, 4) is 5.75 Å². The lowest BCUT2D eigenvalue weighted by molar-refractivity contribution is -0.385. The van der Waals surface area contributed by atoms with Gasteiger partial charge in [-0.05, 0) is 35.9 Å². The van der Waals surface area contributed by atoms with Crippen LogP contribution >= 0.6 is 27.5 Å². The van der Waals surface area contributed by atoms with Crippen LogP contribution in [0.25, 0.3) is 0 Å². The Morgan fingerprint density at radius 1 is 1.13 bits per heavy atom. The normalized spacial score (nSPS) is 19.5. The number of nitrogens with zero attached hydrogens (tertiary/aromatic N) is 3. The molecule has 0 bridgehead atoms. The predicted molar refractivity (Wildman–Crippen MR) is 118 cm³/mol. The van der Waals surface area contributed by atoms with Crippen molar-refractivity contribution in [2.75, 3.05) is 0 Å². The second kappa shape index (κ2) is 7.41. The van der Waals surface area contributed by atoms with Crippen molar-refractivity contribution in [3.05, 3.63) is 103 Å². The van der Waals surface area contributed by atoms with E-state index < -0.39 is 11.2 Å². The fraction of sp³-hybridized carbons (Fsp3) is 0.136. The van der Waals surface area contributed by atoms with Crippen LogP contribution in [0.2, 0.25) is 5.02 Å². The summed E-state index contributed by atoms with van der Waals surface area (Å²) in [5.41, 5.74) is 3.64. The van der Waals surface area contributed by atoms with E-state index in [2.05, 4.69) is 15.9 Å². The molecule has 0 N–H and O–H groups in total. The first-order valence-corrected chi connectivity index (χ1v) is 10.5. The minimum Gasteiger partial charge on any atom is -0.464 e. The standard InChI is InChI=1S/C22H15BrClN3O3/c23-15-6-9-21-18(11-15)20-12-19(13-4-7-16(24)8-5-13)25-26(20)22(30-21)14-2-1-3-17(10-14)27(28)29/h1-11,20,22H,12H2/t20-,22-/m0/s1. The summed E-state index contributed by atoms with van der Waals surface area (Å²) in [5, 5.41) is 18.7. The van der Waals surface area contributed by atoms with Gasteiger partial charge >= 0.3 is 0 Å². The van der Waals surface area contributed by atoms with E-state index in [9.17, 15) is 10.1 Å². The van der Waals surface area contributed by atoms with Gasteiger partial charge in [-0.15, -0.1) is 0 Å². The van der Waals surface area contributed by atoms with Crippen LogP contribution in [0.5, 0.6) is 5.75 Å². The molecule has 2 aliphatic rings. The fourth-order valence-corrected chi connectivity index (χ4v) is 4.39. The molecule has 150 valence electrons. The van der Waals surface area contributed by atoms with Crippen molar-refractivity contribution in [2.24, 2.45) is 5.10 Å². The summed E-state index contributed by atoms with van der Waals surface area (Å²) in [7, 11) is 0. The zero-order valence-corrected chi connectivity index (χ0v) is 17.9. The van der Waals surface area contributed by atoms with Gasteiger partial charge in [0.2, 0.25) is 6.23 Å². The Hall–Kier alpha value is -2.90. The van der Waals surface area contributed by atoms with Crippen LogP contribution in [0, 0.1) is 10.1 Å². The summed E-state index contributed by atoms with van der Waals surface area (Å²) < 4.78 is 7.24. The number of fused-ring (bicyclic) bond motifs is 3. The Balaban J connectivity index is 1.60. The third-order valence-corrected chi connectivity index (χ3v) is 6.04. The first-order valence-electron chi connectivity index (χ1n) is 9.32. The SMILES string of the molecule is O=[N+]([O-])c1cccc([C@@H]2Oc3ccc(Br)cc3[C@@H]3CC(c4ccc(Cl)cc4)=NN32)c1. The maximum absolute atomic E-state index is 11.3. The number of rotatable bonds is 3. The zero-order chi connectivity index (χ0) is 20.8. The molecule has 0 radical (unpaired) electrons. The lowest BCUT2D eigenvalue weighted by Crippen LogP contribution is -2.33. The van der Waals surface area contributed by atoms with Crippen LogP contribution in [0.3, 0.4) is 0 Å². The summed E-state index contributed by atoms with van der Waals surface area (Å²) in [6.45, 7) is 0. The molecule has 0 aliphatic carbocycles. The molecule has 3 aromatic carbocycles. The Morgan fingerprint density at radius 2 is 1.93 bits per heavy atom. The highest BCUT2D eigenvalue weighted by atomic mass is 79.9. The van der Waals surface area contributed by atoms with Gasteiger partial charge in [0.1, 0.15) is 5.75 Å². The van der Waals surface area contributed by atoms with Crippen molar-refractivity contribution in [3.63, 3.8) is 0 Å². The third kappa shape index (κ3) is 3.34. The highest BCUT2D eigenvalue weighted by Gasteiger charge is 2.41. The summed E-state index contributed by atoms with van der Waals surface area (Å²) >= 11 is 9.58. The van der Waals surface area contributed by atoms with Crippen LogP contribution in [-0.4, -0.2) is 15.6 Å². The molecule has 6 nitrogen and oxygen atoms in total. The number of halogens is 2. The molecular formula is C22H15BrClN3O3. The number of benzene rings is 3. The Bertz CT molecular complexity index is 1180. The van der Waals surface area contributed by atoms with Gasteiger partial charge in [-0.1, -0.05) is 51.8 Å². The summed E-state index contributed by atoms with van der Waals surface area (Å²) in [5.74, 6) is 0.753. The molecule has 0 spiro atoms. The molecule has 0 saturated heterocycles. The van der Waals surface area contributed by atoms with E-state index in [1.807, 2.05) is 53.5 Å². The zero-order valence-electron chi connectivity index (χ0n) is 15.5. The summed E-state index contributed by atoms with van der Waals surface area (Å²) in [6.07, 6.45) is 0.133. The first-order chi connectivity index (χ1) is 14.5. The van der Waals surface area contributed by atoms with Gasteiger partial charge in [-0.3, -0.25) is 10.1 Å². The molecule has 30 heavy (non-hydrogen) atoms. The lowest BCUT2D eigenvalue weighted by atomic mass is 9.96. The molecule has 3 aromatic rings. The van der Waals surface area contributed by atoms with Crippen molar-refractivity contribution >= 4 is 38.9 Å². The highest BCUT2D eigenvalue weighted by molar-refractivity contribution is 9.10. The average molecular weight is 485 g/mol. The number of nitro groups is 1. The van der Waals surface area contributed by atoms with Crippen molar-refractivity contribution in [2.45, 2.75) is 18.7 Å². The molecule has 5 rings (SSSR count). The van der Waals surface area contributed by atoms with Gasteiger partial charge < -0.3 is 4.74 Å². The van der Waals surface area contributed by atoms with Gasteiger partial charge in [-0.25, -0.2) is 5.01 Å². The molecule has 8 heteroatoms. The molecular weight excluding hydrogens is 470 g/mol. The Kier molecular flexibility index (Phi) is 4.72. The monoisotopic (exact) mass is 483 g/mol. The van der Waals surface area contributed by atoms with E-state index in [0.29, 0.717) is 17.0 Å². The molecule has 2 heterocycles. The quantitative estimate of drug-likeness (QED) is 0.325. The number of ether oxygens (including phenoxy) is 1. The number of hydrazone groups is 1. The van der Waals surface area contributed by atoms with Crippen LogP contribution in [-0.2, 0) is 0 Å². The maximum atomic E-state index is 11.3. The van der Waals surface area contributed by atoms with Gasteiger partial charge in [0.15, 0.2) is 0 Å². The molecule has 0 unspecified atom stereocenters. The topological polar surface area (TPSA) is 68.0 Å². The second-order valence-corrected chi connectivity index (χ2v) is 8.51. The lowest BCUT2D eigenvalue weighted by Gasteiger charge is -2.38. The van der Waals surface area contributed by atoms with Crippen molar-refractivity contribution < 1.29 is 9.66 Å². The Labute approximate surface area is 186 Å². The van der Waals surface area contributed by atoms with Crippen LogP contribution in [0.15, 0.2) is 76.3 Å². The fourth-order valence-electron chi connectivity index (χ4n) is 3.89. The summed E-state index contributed by atoms with van der Waals surface area (Å²) in [4.78, 5) is 10.9. The Morgan fingerprint density at radius 3 is 2.70 bits per heavy atom. The van der Waals surface area contributed by atoms with E-state index in [1.165, 1.54) is 6.07 Å². The number of nitro benzene ring substituents is 1. The second-order valence-electron chi connectivity index (χ2n) is 7.16. The molecule has 0 amide bonds. The maximum Gasteiger partial charge on any atom is 0.269 e. The summed E-state index contributed by atoms with van der Waals surface area (Å²) in [6, 6.07) is 19.9. The van der Waals surface area contributed by atoms with E-state index in [1.54, 1.807) is 12.1 Å². The molecule has 0 saturated carbocycles. The number of non-ortho nitro benzene ring substituents is 1. The predicted octanol–water partition coefficient (Wildman–Crippen LogP) is 6.25.